The van der Waals surface area contributed by atoms with Gasteiger partial charge >= 0.3 is 0 Å². The summed E-state index contributed by atoms with van der Waals surface area (Å²) < 4.78 is 34.8. The number of thiophene rings is 1. The Bertz CT molecular complexity index is 1530. The van der Waals surface area contributed by atoms with Gasteiger partial charge in [0.2, 0.25) is 14.9 Å². The van der Waals surface area contributed by atoms with Gasteiger partial charge in [-0.1, -0.05) is 33.3 Å². The van der Waals surface area contributed by atoms with E-state index in [1.165, 1.54) is 28.0 Å². The fourth-order valence-electron chi connectivity index (χ4n) is 3.27. The average Bonchev–Trinajstić information content (AvgIpc) is 3.45. The first-order chi connectivity index (χ1) is 15.5. The molecule has 11 heteroatoms. The molecule has 0 fully saturated rings. The Morgan fingerprint density at radius 2 is 1.84 bits per heavy atom. The van der Waals surface area contributed by atoms with E-state index in [0.717, 1.165) is 26.0 Å². The van der Waals surface area contributed by atoms with E-state index in [0.29, 0.717) is 12.4 Å². The highest BCUT2D eigenvalue weighted by atomic mass is 79.9. The quantitative estimate of drug-likeness (QED) is 0.344. The number of methoxy groups -OCH3 is 1. The van der Waals surface area contributed by atoms with Crippen molar-refractivity contribution in [3.63, 3.8) is 0 Å². The van der Waals surface area contributed by atoms with Crippen LogP contribution in [0.25, 0.3) is 15.9 Å². The Balaban J connectivity index is 1.58. The van der Waals surface area contributed by atoms with Crippen molar-refractivity contribution in [1.29, 1.82) is 0 Å². The van der Waals surface area contributed by atoms with Gasteiger partial charge in [-0.15, -0.1) is 16.4 Å². The van der Waals surface area contributed by atoms with Gasteiger partial charge in [-0.3, -0.25) is 0 Å². The van der Waals surface area contributed by atoms with Gasteiger partial charge in [0.05, 0.1) is 22.2 Å². The Kier molecular flexibility index (Phi) is 5.31. The van der Waals surface area contributed by atoms with E-state index < -0.39 is 9.84 Å². The number of ether oxygens (including phenoxy) is 1. The van der Waals surface area contributed by atoms with E-state index in [1.54, 1.807) is 19.2 Å². The highest BCUT2D eigenvalue weighted by molar-refractivity contribution is 9.10. The smallest absolute Gasteiger partial charge is 0.229 e. The largest absolute Gasteiger partial charge is 0.497 e. The van der Waals surface area contributed by atoms with Crippen LogP contribution in [0.15, 0.2) is 74.4 Å². The number of aromatic nitrogens is 4. The first-order valence-electron chi connectivity index (χ1n) is 9.47. The van der Waals surface area contributed by atoms with E-state index in [9.17, 15) is 8.42 Å². The first kappa shape index (κ1) is 20.9. The number of rotatable bonds is 6. The average molecular weight is 530 g/mol. The molecule has 0 aliphatic carbocycles. The van der Waals surface area contributed by atoms with Crippen LogP contribution >= 0.6 is 27.3 Å². The van der Waals surface area contributed by atoms with Gasteiger partial charge in [0, 0.05) is 11.0 Å². The summed E-state index contributed by atoms with van der Waals surface area (Å²) in [5, 5.41) is 13.1. The van der Waals surface area contributed by atoms with Crippen molar-refractivity contribution < 1.29 is 13.2 Å². The minimum Gasteiger partial charge on any atom is -0.497 e. The van der Waals surface area contributed by atoms with Crippen LogP contribution in [0.2, 0.25) is 0 Å². The van der Waals surface area contributed by atoms with Gasteiger partial charge in [0.15, 0.2) is 5.65 Å². The number of sulfone groups is 1. The van der Waals surface area contributed by atoms with E-state index in [-0.39, 0.29) is 15.6 Å². The Labute approximate surface area is 195 Å². The van der Waals surface area contributed by atoms with Gasteiger partial charge < -0.3 is 10.1 Å². The van der Waals surface area contributed by atoms with Crippen molar-refractivity contribution >= 4 is 58.8 Å². The fraction of sp³-hybridized carbons (Fsp3) is 0.0952. The highest BCUT2D eigenvalue weighted by Crippen LogP contribution is 2.31. The van der Waals surface area contributed by atoms with Crippen LogP contribution in [-0.4, -0.2) is 35.3 Å². The van der Waals surface area contributed by atoms with E-state index >= 15 is 0 Å². The second kappa shape index (κ2) is 8.15. The molecular formula is C21H16BrN5O3S2. The lowest BCUT2D eigenvalue weighted by Gasteiger charge is -2.09. The molecule has 0 bridgehead atoms. The van der Waals surface area contributed by atoms with Crippen LogP contribution in [0, 0.1) is 0 Å². The van der Waals surface area contributed by atoms with Crippen LogP contribution < -0.4 is 10.1 Å². The monoisotopic (exact) mass is 529 g/mol. The molecular weight excluding hydrogens is 514 g/mol. The Morgan fingerprint density at radius 1 is 1.09 bits per heavy atom. The molecule has 3 heterocycles. The molecule has 0 saturated carbocycles. The van der Waals surface area contributed by atoms with Crippen molar-refractivity contribution in [2.45, 2.75) is 16.5 Å². The SMILES string of the molecule is COc1ccc(CNc2nc3c(S(=O)(=O)c4ccc(Br)cc4)nnn3c3ccsc23)cc1. The number of fused-ring (bicyclic) bond motifs is 3. The zero-order valence-corrected chi connectivity index (χ0v) is 19.9. The molecule has 0 aliphatic rings. The van der Waals surface area contributed by atoms with Gasteiger partial charge in [0.25, 0.3) is 0 Å². The molecule has 0 radical (unpaired) electrons. The molecule has 5 rings (SSSR count). The number of benzene rings is 2. The van der Waals surface area contributed by atoms with Crippen molar-refractivity contribution in [2.24, 2.45) is 0 Å². The van der Waals surface area contributed by atoms with E-state index in [2.05, 4.69) is 36.5 Å². The van der Waals surface area contributed by atoms with Crippen molar-refractivity contribution in [3.8, 4) is 5.75 Å². The molecule has 0 saturated heterocycles. The normalized spacial score (nSPS) is 11.8. The number of halogens is 1. The number of anilines is 1. The predicted octanol–water partition coefficient (Wildman–Crippen LogP) is 4.56. The minimum atomic E-state index is -3.90. The molecule has 3 aromatic heterocycles. The van der Waals surface area contributed by atoms with Crippen molar-refractivity contribution in [2.75, 3.05) is 12.4 Å². The maximum Gasteiger partial charge on any atom is 0.229 e. The molecule has 1 N–H and O–H groups in total. The number of hydrogen-bond donors (Lipinski definition) is 1. The summed E-state index contributed by atoms with van der Waals surface area (Å²) >= 11 is 4.82. The third kappa shape index (κ3) is 3.61. The summed E-state index contributed by atoms with van der Waals surface area (Å²) in [7, 11) is -2.27. The second-order valence-electron chi connectivity index (χ2n) is 6.88. The molecule has 5 aromatic rings. The van der Waals surface area contributed by atoms with E-state index in [4.69, 9.17) is 4.74 Å². The number of hydrogen-bond acceptors (Lipinski definition) is 8. The van der Waals surface area contributed by atoms with Crippen LogP contribution in [0.4, 0.5) is 5.82 Å². The Morgan fingerprint density at radius 3 is 2.56 bits per heavy atom. The lowest BCUT2D eigenvalue weighted by molar-refractivity contribution is 0.414. The topological polar surface area (TPSA) is 98.5 Å². The summed E-state index contributed by atoms with van der Waals surface area (Å²) in [6.07, 6.45) is 0. The fourth-order valence-corrected chi connectivity index (χ4v) is 5.61. The molecule has 0 amide bonds. The molecule has 2 aromatic carbocycles. The molecule has 0 unspecified atom stereocenters. The summed E-state index contributed by atoms with van der Waals surface area (Å²) in [5.74, 6) is 1.36. The highest BCUT2D eigenvalue weighted by Gasteiger charge is 2.27. The minimum absolute atomic E-state index is 0.128. The zero-order valence-electron chi connectivity index (χ0n) is 16.7. The van der Waals surface area contributed by atoms with Gasteiger partial charge in [-0.2, -0.15) is 4.52 Å². The maximum atomic E-state index is 13.2. The van der Waals surface area contributed by atoms with Crippen LogP contribution in [0.5, 0.6) is 5.75 Å². The molecule has 162 valence electrons. The van der Waals surface area contributed by atoms with Crippen molar-refractivity contribution in [1.82, 2.24) is 19.8 Å². The van der Waals surface area contributed by atoms with E-state index in [1.807, 2.05) is 35.7 Å². The lowest BCUT2D eigenvalue weighted by Crippen LogP contribution is -2.06. The molecule has 0 atom stereocenters. The third-order valence-corrected chi connectivity index (χ3v) is 8.02. The molecule has 0 aliphatic heterocycles. The number of nitrogens with zero attached hydrogens (tertiary/aromatic N) is 4. The van der Waals surface area contributed by atoms with Gasteiger partial charge in [0.1, 0.15) is 11.6 Å². The summed E-state index contributed by atoms with van der Waals surface area (Å²) in [6, 6.07) is 16.0. The predicted molar refractivity (Wildman–Crippen MR) is 126 cm³/mol. The summed E-state index contributed by atoms with van der Waals surface area (Å²) in [6.45, 7) is 0.510. The molecule has 8 nitrogen and oxygen atoms in total. The van der Waals surface area contributed by atoms with Gasteiger partial charge in [-0.05, 0) is 53.4 Å². The zero-order chi connectivity index (χ0) is 22.3. The number of nitrogens with one attached hydrogen (secondary N) is 1. The maximum absolute atomic E-state index is 13.2. The van der Waals surface area contributed by atoms with Gasteiger partial charge in [-0.25, -0.2) is 13.4 Å². The van der Waals surface area contributed by atoms with Crippen LogP contribution in [-0.2, 0) is 16.4 Å². The lowest BCUT2D eigenvalue weighted by atomic mass is 10.2. The third-order valence-electron chi connectivity index (χ3n) is 4.92. The molecule has 32 heavy (non-hydrogen) atoms. The standard InChI is InChI=1S/C21H16BrN5O3S2/c1-30-15-6-2-13(3-7-15)12-23-19-18-17(10-11-31-18)27-20(24-19)21(25-26-27)32(28,29)16-8-4-14(22)5-9-16/h2-11H,12H2,1H3,(H,23,24). The Hall–Kier alpha value is -3.02. The van der Waals surface area contributed by atoms with Crippen LogP contribution in [0.3, 0.4) is 0 Å². The summed E-state index contributed by atoms with van der Waals surface area (Å²) in [4.78, 5) is 4.75. The molecule has 0 spiro atoms. The first-order valence-corrected chi connectivity index (χ1v) is 12.6. The second-order valence-corrected chi connectivity index (χ2v) is 10.6. The summed E-state index contributed by atoms with van der Waals surface area (Å²) in [5.41, 5.74) is 1.95. The van der Waals surface area contributed by atoms with Crippen LogP contribution in [0.1, 0.15) is 5.56 Å². The van der Waals surface area contributed by atoms with Crippen molar-refractivity contribution in [3.05, 3.63) is 70.0 Å².